The van der Waals surface area contributed by atoms with Crippen molar-refractivity contribution in [2.45, 2.75) is 5.41 Å². The summed E-state index contributed by atoms with van der Waals surface area (Å²) in [6.07, 6.45) is 3.63. The highest BCUT2D eigenvalue weighted by Crippen LogP contribution is 2.63. The third-order valence-corrected chi connectivity index (χ3v) is 11.4. The van der Waals surface area contributed by atoms with Gasteiger partial charge in [0, 0.05) is 12.4 Å². The van der Waals surface area contributed by atoms with Gasteiger partial charge in [0.25, 0.3) is 0 Å². The SMILES string of the molecule is c1ccc(-c2cc(-c3ccccc3-c3cccc(-c4ccc5c(c4)C4(c6ccccc6-c6ccccc64)c4ccccc4-5)c3)cc(-c3ccccn3)n2)nc1. The minimum Gasteiger partial charge on any atom is -0.255 e. The molecule has 9 aromatic rings. The summed E-state index contributed by atoms with van der Waals surface area (Å²) in [6, 6.07) is 67.9. The zero-order valence-corrected chi connectivity index (χ0v) is 29.9. The fourth-order valence-corrected chi connectivity index (χ4v) is 9.10. The summed E-state index contributed by atoms with van der Waals surface area (Å²) in [5, 5.41) is 0. The highest BCUT2D eigenvalue weighted by molar-refractivity contribution is 5.96. The molecule has 3 nitrogen and oxygen atoms in total. The molecule has 2 aliphatic carbocycles. The van der Waals surface area contributed by atoms with Crippen LogP contribution < -0.4 is 0 Å². The van der Waals surface area contributed by atoms with Crippen LogP contribution >= 0.6 is 0 Å². The molecule has 0 saturated carbocycles. The van der Waals surface area contributed by atoms with E-state index in [9.17, 15) is 0 Å². The van der Waals surface area contributed by atoms with E-state index < -0.39 is 0 Å². The summed E-state index contributed by atoms with van der Waals surface area (Å²) >= 11 is 0. The first-order chi connectivity index (χ1) is 27.3. The van der Waals surface area contributed by atoms with Crippen molar-refractivity contribution in [3.05, 3.63) is 223 Å². The van der Waals surface area contributed by atoms with Gasteiger partial charge in [0.05, 0.1) is 28.2 Å². The van der Waals surface area contributed by atoms with Gasteiger partial charge in [-0.1, -0.05) is 140 Å². The molecule has 0 aliphatic heterocycles. The van der Waals surface area contributed by atoms with E-state index >= 15 is 0 Å². The topological polar surface area (TPSA) is 38.7 Å². The van der Waals surface area contributed by atoms with Gasteiger partial charge in [0.2, 0.25) is 0 Å². The van der Waals surface area contributed by atoms with E-state index in [1.807, 2.05) is 48.8 Å². The van der Waals surface area contributed by atoms with E-state index in [0.29, 0.717) is 0 Å². The molecule has 11 rings (SSSR count). The van der Waals surface area contributed by atoms with E-state index in [1.165, 1.54) is 55.6 Å². The smallest absolute Gasteiger partial charge is 0.0900 e. The maximum atomic E-state index is 5.03. The second-order valence-electron chi connectivity index (χ2n) is 14.3. The monoisotopic (exact) mass is 699 g/mol. The van der Waals surface area contributed by atoms with E-state index in [0.717, 1.165) is 45.0 Å². The van der Waals surface area contributed by atoms with Crippen LogP contribution in [0, 0.1) is 0 Å². The van der Waals surface area contributed by atoms with Gasteiger partial charge in [-0.25, -0.2) is 4.98 Å². The van der Waals surface area contributed by atoms with E-state index in [4.69, 9.17) is 4.98 Å². The standard InChI is InChI=1S/C52H33N3/c1-2-17-39(37-32-50(48-24-9-11-28-53-48)55-51(33-37)49-25-10-12-29-54-49)38(16-1)36-15-13-14-34(30-36)35-26-27-43-42-20-5-8-23-46(42)52(47(43)31-35)44-21-6-3-18-40(44)41-19-4-7-22-45(41)52/h1-33H. The van der Waals surface area contributed by atoms with E-state index in [-0.39, 0.29) is 5.41 Å². The Bertz CT molecular complexity index is 2810. The molecule has 0 fully saturated rings. The average Bonchev–Trinajstić information content (AvgIpc) is 3.74. The van der Waals surface area contributed by atoms with Crippen LogP contribution in [0.5, 0.6) is 0 Å². The fraction of sp³-hybridized carbons (Fsp3) is 0.0192. The first-order valence-electron chi connectivity index (χ1n) is 18.8. The molecule has 6 aromatic carbocycles. The Kier molecular flexibility index (Phi) is 7.08. The Morgan fingerprint density at radius 1 is 0.273 bits per heavy atom. The summed E-state index contributed by atoms with van der Waals surface area (Å²) in [7, 11) is 0. The molecule has 3 heteroatoms. The average molecular weight is 700 g/mol. The minimum absolute atomic E-state index is 0.378. The van der Waals surface area contributed by atoms with Crippen LogP contribution in [-0.2, 0) is 5.41 Å². The van der Waals surface area contributed by atoms with Gasteiger partial charge in [-0.15, -0.1) is 0 Å². The second-order valence-corrected chi connectivity index (χ2v) is 14.3. The van der Waals surface area contributed by atoms with Crippen LogP contribution in [0.2, 0.25) is 0 Å². The van der Waals surface area contributed by atoms with Crippen molar-refractivity contribution in [3.8, 4) is 78.4 Å². The van der Waals surface area contributed by atoms with Gasteiger partial charge in [-0.3, -0.25) is 9.97 Å². The lowest BCUT2D eigenvalue weighted by molar-refractivity contribution is 0.794. The van der Waals surface area contributed by atoms with Crippen LogP contribution in [0.3, 0.4) is 0 Å². The van der Waals surface area contributed by atoms with Crippen molar-refractivity contribution in [3.63, 3.8) is 0 Å². The molecule has 2 aliphatic rings. The quantitative estimate of drug-likeness (QED) is 0.179. The number of nitrogens with zero attached hydrogens (tertiary/aromatic N) is 3. The molecule has 0 atom stereocenters. The van der Waals surface area contributed by atoms with Crippen molar-refractivity contribution >= 4 is 0 Å². The second kappa shape index (κ2) is 12.4. The predicted molar refractivity (Wildman–Crippen MR) is 223 cm³/mol. The lowest BCUT2D eigenvalue weighted by atomic mass is 9.70. The number of pyridine rings is 3. The van der Waals surface area contributed by atoms with E-state index in [2.05, 4.69) is 162 Å². The molecule has 0 N–H and O–H groups in total. The van der Waals surface area contributed by atoms with E-state index in [1.54, 1.807) is 0 Å². The molecule has 0 bridgehead atoms. The molecular formula is C52H33N3. The van der Waals surface area contributed by atoms with Crippen molar-refractivity contribution in [1.82, 2.24) is 15.0 Å². The molecule has 256 valence electrons. The zero-order valence-electron chi connectivity index (χ0n) is 29.9. The number of fused-ring (bicyclic) bond motifs is 10. The molecule has 0 unspecified atom stereocenters. The summed E-state index contributed by atoms with van der Waals surface area (Å²) in [5.41, 5.74) is 20.4. The summed E-state index contributed by atoms with van der Waals surface area (Å²) < 4.78 is 0. The number of benzene rings is 6. The van der Waals surface area contributed by atoms with Gasteiger partial charge in [0.15, 0.2) is 0 Å². The maximum Gasteiger partial charge on any atom is 0.0900 e. The maximum absolute atomic E-state index is 5.03. The Morgan fingerprint density at radius 2 is 0.727 bits per heavy atom. The zero-order chi connectivity index (χ0) is 36.3. The summed E-state index contributed by atoms with van der Waals surface area (Å²) in [6.45, 7) is 0. The third-order valence-electron chi connectivity index (χ3n) is 11.4. The number of rotatable bonds is 5. The highest BCUT2D eigenvalue weighted by atomic mass is 14.8. The van der Waals surface area contributed by atoms with Gasteiger partial charge in [-0.05, 0) is 126 Å². The lowest BCUT2D eigenvalue weighted by Crippen LogP contribution is -2.25. The third kappa shape index (κ3) is 4.80. The Balaban J connectivity index is 1.06. The van der Waals surface area contributed by atoms with Gasteiger partial charge >= 0.3 is 0 Å². The Hall–Kier alpha value is -7.23. The van der Waals surface area contributed by atoms with Crippen LogP contribution in [-0.4, -0.2) is 15.0 Å². The molecule has 0 amide bonds. The first kappa shape index (κ1) is 31.3. The molecule has 1 spiro atoms. The molecule has 0 saturated heterocycles. The summed E-state index contributed by atoms with van der Waals surface area (Å²) in [5.74, 6) is 0. The van der Waals surface area contributed by atoms with Crippen LogP contribution in [0.4, 0.5) is 0 Å². The van der Waals surface area contributed by atoms with Crippen molar-refractivity contribution < 1.29 is 0 Å². The number of hydrogen-bond donors (Lipinski definition) is 0. The molecule has 55 heavy (non-hydrogen) atoms. The lowest BCUT2D eigenvalue weighted by Gasteiger charge is -2.30. The predicted octanol–water partition coefficient (Wildman–Crippen LogP) is 12.6. The molecule has 3 aromatic heterocycles. The summed E-state index contributed by atoms with van der Waals surface area (Å²) in [4.78, 5) is 14.3. The molecular weight excluding hydrogens is 667 g/mol. The molecule has 3 heterocycles. The number of hydrogen-bond acceptors (Lipinski definition) is 3. The van der Waals surface area contributed by atoms with Crippen molar-refractivity contribution in [2.24, 2.45) is 0 Å². The molecule has 0 radical (unpaired) electrons. The van der Waals surface area contributed by atoms with Crippen molar-refractivity contribution in [2.75, 3.05) is 0 Å². The largest absolute Gasteiger partial charge is 0.255 e. The van der Waals surface area contributed by atoms with Gasteiger partial charge in [-0.2, -0.15) is 0 Å². The van der Waals surface area contributed by atoms with Crippen LogP contribution in [0.25, 0.3) is 78.4 Å². The minimum atomic E-state index is -0.378. The van der Waals surface area contributed by atoms with Crippen molar-refractivity contribution in [1.29, 1.82) is 0 Å². The van der Waals surface area contributed by atoms with Gasteiger partial charge in [0.1, 0.15) is 0 Å². The number of aromatic nitrogens is 3. The van der Waals surface area contributed by atoms with Crippen LogP contribution in [0.1, 0.15) is 22.3 Å². The first-order valence-corrected chi connectivity index (χ1v) is 18.8. The Labute approximate surface area is 320 Å². The van der Waals surface area contributed by atoms with Gasteiger partial charge < -0.3 is 0 Å². The normalized spacial score (nSPS) is 12.9. The van der Waals surface area contributed by atoms with Crippen LogP contribution in [0.15, 0.2) is 200 Å². The highest BCUT2D eigenvalue weighted by Gasteiger charge is 2.51. The Morgan fingerprint density at radius 3 is 1.27 bits per heavy atom. The fourth-order valence-electron chi connectivity index (χ4n) is 9.10.